The monoisotopic (exact) mass is 306 g/mol. The molecular formula is C16H22N2O4. The quantitative estimate of drug-likeness (QED) is 0.713. The first-order chi connectivity index (χ1) is 10.4. The zero-order valence-corrected chi connectivity index (χ0v) is 12.9. The lowest BCUT2D eigenvalue weighted by molar-refractivity contribution is -0.159. The number of nitrogens with two attached hydrogens (primary N) is 1. The maximum atomic E-state index is 12.1. The fourth-order valence-electron chi connectivity index (χ4n) is 2.25. The summed E-state index contributed by atoms with van der Waals surface area (Å²) in [6.45, 7) is 4.21. The van der Waals surface area contributed by atoms with Crippen LogP contribution in [0.1, 0.15) is 37.8 Å². The van der Waals surface area contributed by atoms with Gasteiger partial charge in [0.1, 0.15) is 18.2 Å². The van der Waals surface area contributed by atoms with Crippen molar-refractivity contribution in [2.24, 2.45) is 5.73 Å². The molecule has 1 atom stereocenters. The predicted octanol–water partition coefficient (Wildman–Crippen LogP) is 1.81. The van der Waals surface area contributed by atoms with Crippen molar-refractivity contribution in [2.45, 2.75) is 44.9 Å². The molecule has 6 heteroatoms. The van der Waals surface area contributed by atoms with E-state index in [0.717, 1.165) is 11.1 Å². The second-order valence-corrected chi connectivity index (χ2v) is 5.88. The fourth-order valence-corrected chi connectivity index (χ4v) is 2.25. The molecule has 0 spiro atoms. The average molecular weight is 306 g/mol. The lowest BCUT2D eigenvalue weighted by atomic mass is 9.96. The Kier molecular flexibility index (Phi) is 5.03. The summed E-state index contributed by atoms with van der Waals surface area (Å²) in [4.78, 5) is 23.7. The number of ether oxygens (including phenoxy) is 2. The molecule has 0 unspecified atom stereocenters. The van der Waals surface area contributed by atoms with E-state index in [-0.39, 0.29) is 6.61 Å². The minimum Gasteiger partial charge on any atom is -0.454 e. The van der Waals surface area contributed by atoms with Crippen molar-refractivity contribution in [2.75, 3.05) is 6.54 Å². The third-order valence-electron chi connectivity index (χ3n) is 3.61. The molecule has 0 radical (unpaired) electrons. The summed E-state index contributed by atoms with van der Waals surface area (Å²) in [5.41, 5.74) is 6.71. The van der Waals surface area contributed by atoms with Gasteiger partial charge in [-0.1, -0.05) is 18.2 Å². The number of alkyl carbamates (subject to hydrolysis) is 1. The van der Waals surface area contributed by atoms with Crippen LogP contribution in [0.15, 0.2) is 24.3 Å². The molecule has 0 aliphatic carbocycles. The molecule has 2 bridgehead atoms. The van der Waals surface area contributed by atoms with Crippen molar-refractivity contribution in [1.82, 2.24) is 5.32 Å². The minimum absolute atomic E-state index is 0.170. The highest BCUT2D eigenvalue weighted by Gasteiger charge is 2.28. The Morgan fingerprint density at radius 3 is 2.86 bits per heavy atom. The zero-order valence-electron chi connectivity index (χ0n) is 12.9. The van der Waals surface area contributed by atoms with Gasteiger partial charge in [-0.25, -0.2) is 4.79 Å². The van der Waals surface area contributed by atoms with Gasteiger partial charge in [0.05, 0.1) is 0 Å². The Bertz CT molecular complexity index is 557. The SMILES string of the molecule is CC1(C)OC(=O)[C@@H](N)CCCNC(=O)OCc2cccc1c2. The van der Waals surface area contributed by atoms with Crippen molar-refractivity contribution in [3.63, 3.8) is 0 Å². The molecule has 0 aromatic heterocycles. The highest BCUT2D eigenvalue weighted by Crippen LogP contribution is 2.26. The number of esters is 1. The van der Waals surface area contributed by atoms with Crippen LogP contribution in [0.4, 0.5) is 4.79 Å². The summed E-state index contributed by atoms with van der Waals surface area (Å²) < 4.78 is 10.7. The van der Waals surface area contributed by atoms with Crippen LogP contribution in [0.2, 0.25) is 0 Å². The number of amides is 1. The molecule has 1 heterocycles. The van der Waals surface area contributed by atoms with E-state index in [1.165, 1.54) is 0 Å². The largest absolute Gasteiger partial charge is 0.454 e. The average Bonchev–Trinajstić information content (AvgIpc) is 2.48. The van der Waals surface area contributed by atoms with E-state index in [2.05, 4.69) is 5.32 Å². The van der Waals surface area contributed by atoms with Crippen LogP contribution in [0, 0.1) is 0 Å². The number of benzene rings is 1. The van der Waals surface area contributed by atoms with Gasteiger partial charge < -0.3 is 20.5 Å². The zero-order chi connectivity index (χ0) is 16.2. The summed E-state index contributed by atoms with van der Waals surface area (Å²) in [7, 11) is 0. The second-order valence-electron chi connectivity index (χ2n) is 5.88. The normalized spacial score (nSPS) is 22.8. The van der Waals surface area contributed by atoms with Crippen LogP contribution in [-0.2, 0) is 26.5 Å². The minimum atomic E-state index is -0.795. The van der Waals surface area contributed by atoms with E-state index in [1.807, 2.05) is 38.1 Å². The van der Waals surface area contributed by atoms with Crippen molar-refractivity contribution in [3.05, 3.63) is 35.4 Å². The van der Waals surface area contributed by atoms with Crippen LogP contribution in [0.5, 0.6) is 0 Å². The molecule has 6 nitrogen and oxygen atoms in total. The van der Waals surface area contributed by atoms with Crippen molar-refractivity contribution in [3.8, 4) is 0 Å². The molecule has 2 rings (SSSR count). The molecule has 1 aliphatic rings. The third kappa shape index (κ3) is 4.21. The summed E-state index contributed by atoms with van der Waals surface area (Å²) in [5.74, 6) is -0.435. The molecule has 1 aliphatic heterocycles. The van der Waals surface area contributed by atoms with Crippen LogP contribution in [0.25, 0.3) is 0 Å². The van der Waals surface area contributed by atoms with Gasteiger partial charge in [0.15, 0.2) is 0 Å². The number of rotatable bonds is 0. The number of carbonyl (C=O) groups is 2. The number of hydrogen-bond donors (Lipinski definition) is 2. The number of fused-ring (bicyclic) bond motifs is 2. The van der Waals surface area contributed by atoms with E-state index in [4.69, 9.17) is 15.2 Å². The Labute approximate surface area is 130 Å². The van der Waals surface area contributed by atoms with Gasteiger partial charge in [-0.05, 0) is 43.9 Å². The van der Waals surface area contributed by atoms with Crippen molar-refractivity contribution < 1.29 is 19.1 Å². The van der Waals surface area contributed by atoms with Gasteiger partial charge in [-0.3, -0.25) is 4.79 Å². The number of nitrogens with one attached hydrogen (secondary N) is 1. The molecule has 1 aromatic rings. The lowest BCUT2D eigenvalue weighted by Crippen LogP contribution is -2.38. The topological polar surface area (TPSA) is 90.6 Å². The van der Waals surface area contributed by atoms with Gasteiger partial charge in [-0.15, -0.1) is 0 Å². The standard InChI is InChI=1S/C16H22N2O4/c1-16(2)12-6-3-5-11(9-12)10-21-15(20)18-8-4-7-13(17)14(19)22-16/h3,5-6,9,13H,4,7-8,10,17H2,1-2H3,(H,18,20)/t13-/m0/s1. The Morgan fingerprint density at radius 2 is 2.09 bits per heavy atom. The lowest BCUT2D eigenvalue weighted by Gasteiger charge is -2.28. The van der Waals surface area contributed by atoms with E-state index < -0.39 is 23.7 Å². The summed E-state index contributed by atoms with van der Waals surface area (Å²) in [6, 6.07) is 6.72. The summed E-state index contributed by atoms with van der Waals surface area (Å²) >= 11 is 0. The first-order valence-electron chi connectivity index (χ1n) is 7.37. The summed E-state index contributed by atoms with van der Waals surface area (Å²) in [5, 5.41) is 2.63. The van der Waals surface area contributed by atoms with Crippen LogP contribution in [-0.4, -0.2) is 24.6 Å². The maximum absolute atomic E-state index is 12.1. The first-order valence-corrected chi connectivity index (χ1v) is 7.37. The van der Waals surface area contributed by atoms with Crippen molar-refractivity contribution in [1.29, 1.82) is 0 Å². The van der Waals surface area contributed by atoms with Crippen LogP contribution in [0.3, 0.4) is 0 Å². The predicted molar refractivity (Wildman–Crippen MR) is 81.0 cm³/mol. The molecule has 1 amide bonds. The third-order valence-corrected chi connectivity index (χ3v) is 3.61. The molecule has 0 fully saturated rings. The van der Waals surface area contributed by atoms with Gasteiger partial charge >= 0.3 is 12.1 Å². The number of cyclic esters (lactones) is 2. The van der Waals surface area contributed by atoms with E-state index in [1.54, 1.807) is 0 Å². The van der Waals surface area contributed by atoms with Gasteiger partial charge in [0.2, 0.25) is 0 Å². The highest BCUT2D eigenvalue weighted by atomic mass is 16.6. The van der Waals surface area contributed by atoms with E-state index >= 15 is 0 Å². The Balaban J connectivity index is 2.26. The number of hydrogen-bond acceptors (Lipinski definition) is 5. The molecule has 0 saturated carbocycles. The molecule has 1 aromatic carbocycles. The summed E-state index contributed by atoms with van der Waals surface area (Å²) in [6.07, 6.45) is 0.546. The maximum Gasteiger partial charge on any atom is 0.407 e. The molecular weight excluding hydrogens is 284 g/mol. The first kappa shape index (κ1) is 16.3. The van der Waals surface area contributed by atoms with Gasteiger partial charge in [0.25, 0.3) is 0 Å². The fraction of sp³-hybridized carbons (Fsp3) is 0.500. The molecule has 0 saturated heterocycles. The van der Waals surface area contributed by atoms with E-state index in [0.29, 0.717) is 19.4 Å². The molecule has 3 N–H and O–H groups in total. The Hall–Kier alpha value is -2.08. The van der Waals surface area contributed by atoms with Crippen molar-refractivity contribution >= 4 is 12.1 Å². The van der Waals surface area contributed by atoms with Gasteiger partial charge in [-0.2, -0.15) is 0 Å². The second kappa shape index (κ2) is 6.79. The Morgan fingerprint density at radius 1 is 1.32 bits per heavy atom. The molecule has 22 heavy (non-hydrogen) atoms. The highest BCUT2D eigenvalue weighted by molar-refractivity contribution is 5.76. The number of carbonyl (C=O) groups excluding carboxylic acids is 2. The van der Waals surface area contributed by atoms with Crippen LogP contribution >= 0.6 is 0 Å². The van der Waals surface area contributed by atoms with Gasteiger partial charge in [0, 0.05) is 6.54 Å². The smallest absolute Gasteiger partial charge is 0.407 e. The van der Waals surface area contributed by atoms with E-state index in [9.17, 15) is 9.59 Å². The van der Waals surface area contributed by atoms with Crippen LogP contribution < -0.4 is 11.1 Å². The molecule has 120 valence electrons.